The highest BCUT2D eigenvalue weighted by atomic mass is 32.2. The van der Waals surface area contributed by atoms with Gasteiger partial charge in [0.2, 0.25) is 15.9 Å². The monoisotopic (exact) mass is 332 g/mol. The summed E-state index contributed by atoms with van der Waals surface area (Å²) in [5.41, 5.74) is -0.656. The molecular weight excluding hydrogens is 312 g/mol. The van der Waals surface area contributed by atoms with Crippen molar-refractivity contribution in [1.29, 1.82) is 0 Å². The number of anilines is 1. The van der Waals surface area contributed by atoms with Gasteiger partial charge in [0.1, 0.15) is 12.6 Å². The number of carboxylic acids is 1. The molecule has 1 rings (SSSR count). The molecule has 0 bridgehead atoms. The molecule has 0 aliphatic carbocycles. The van der Waals surface area contributed by atoms with Crippen molar-refractivity contribution in [3.05, 3.63) is 12.3 Å². The zero-order chi connectivity index (χ0) is 17.1. The van der Waals surface area contributed by atoms with Crippen LogP contribution >= 0.6 is 0 Å². The first-order valence-corrected chi connectivity index (χ1v) is 8.31. The van der Waals surface area contributed by atoms with Crippen LogP contribution in [-0.2, 0) is 26.2 Å². The zero-order valence-corrected chi connectivity index (χ0v) is 13.6. The van der Waals surface area contributed by atoms with Gasteiger partial charge in [-0.25, -0.2) is 13.1 Å². The number of aromatic nitrogens is 2. The number of hydrogen-bond donors (Lipinski definition) is 3. The van der Waals surface area contributed by atoms with Gasteiger partial charge in [-0.15, -0.1) is 0 Å². The number of carboxylic acid groups (broad SMARTS) is 1. The second kappa shape index (κ2) is 6.44. The number of carbonyl (C=O) groups excluding carboxylic acids is 1. The molecule has 1 amide bonds. The molecule has 124 valence electrons. The molecule has 0 aromatic carbocycles. The van der Waals surface area contributed by atoms with E-state index in [-0.39, 0.29) is 12.4 Å². The molecule has 1 aromatic heterocycles. The lowest BCUT2D eigenvalue weighted by molar-refractivity contribution is -0.137. The van der Waals surface area contributed by atoms with Crippen LogP contribution in [0.4, 0.5) is 5.82 Å². The maximum Gasteiger partial charge on any atom is 0.325 e. The van der Waals surface area contributed by atoms with Crippen LogP contribution in [0.15, 0.2) is 12.3 Å². The fourth-order valence-corrected chi connectivity index (χ4v) is 2.58. The molecule has 0 radical (unpaired) electrons. The largest absolute Gasteiger partial charge is 0.480 e. The maximum absolute atomic E-state index is 12.3. The Kier molecular flexibility index (Phi) is 5.30. The summed E-state index contributed by atoms with van der Waals surface area (Å²) in [5.74, 6) is -1.48. The SMILES string of the molecule is CC(C)(C)C(NS(C)(=O)=O)C(=O)Nc1ccn(CC(=O)O)n1. The van der Waals surface area contributed by atoms with E-state index in [9.17, 15) is 18.0 Å². The normalized spacial score (nSPS) is 13.6. The van der Waals surface area contributed by atoms with E-state index < -0.39 is 33.4 Å². The third-order valence-electron chi connectivity index (χ3n) is 2.65. The second-order valence-electron chi connectivity index (χ2n) is 5.97. The van der Waals surface area contributed by atoms with Crippen molar-refractivity contribution in [2.75, 3.05) is 11.6 Å². The van der Waals surface area contributed by atoms with Crippen LogP contribution in [-0.4, -0.2) is 47.5 Å². The van der Waals surface area contributed by atoms with E-state index in [4.69, 9.17) is 5.11 Å². The van der Waals surface area contributed by atoms with Crippen LogP contribution < -0.4 is 10.0 Å². The third kappa shape index (κ3) is 5.82. The fourth-order valence-electron chi connectivity index (χ4n) is 1.69. The first kappa shape index (κ1) is 18.1. The summed E-state index contributed by atoms with van der Waals surface area (Å²) in [6.07, 6.45) is 2.38. The van der Waals surface area contributed by atoms with Gasteiger partial charge in [-0.05, 0) is 5.41 Å². The number of sulfonamides is 1. The fraction of sp³-hybridized carbons (Fsp3) is 0.583. The van der Waals surface area contributed by atoms with Gasteiger partial charge in [-0.2, -0.15) is 5.10 Å². The van der Waals surface area contributed by atoms with E-state index in [0.29, 0.717) is 0 Å². The Bertz CT molecular complexity index is 659. The number of hydrogen-bond acceptors (Lipinski definition) is 5. The van der Waals surface area contributed by atoms with Crippen molar-refractivity contribution in [3.8, 4) is 0 Å². The summed E-state index contributed by atoms with van der Waals surface area (Å²) in [4.78, 5) is 22.8. The lowest BCUT2D eigenvalue weighted by Gasteiger charge is -2.29. The van der Waals surface area contributed by atoms with Gasteiger partial charge in [0.25, 0.3) is 0 Å². The highest BCUT2D eigenvalue weighted by molar-refractivity contribution is 7.88. The van der Waals surface area contributed by atoms with Gasteiger partial charge in [0.05, 0.1) is 6.26 Å². The van der Waals surface area contributed by atoms with Crippen LogP contribution in [0.1, 0.15) is 20.8 Å². The topological polar surface area (TPSA) is 130 Å². The molecular formula is C12H20N4O5S. The Labute approximate surface area is 128 Å². The average molecular weight is 332 g/mol. The van der Waals surface area contributed by atoms with Gasteiger partial charge >= 0.3 is 5.97 Å². The Hall–Kier alpha value is -1.94. The Morgan fingerprint density at radius 2 is 2.00 bits per heavy atom. The number of carbonyl (C=O) groups is 2. The van der Waals surface area contributed by atoms with Gasteiger partial charge < -0.3 is 10.4 Å². The number of amides is 1. The van der Waals surface area contributed by atoms with Crippen molar-refractivity contribution in [2.45, 2.75) is 33.4 Å². The van der Waals surface area contributed by atoms with E-state index in [1.54, 1.807) is 20.8 Å². The molecule has 0 aliphatic heterocycles. The lowest BCUT2D eigenvalue weighted by Crippen LogP contribution is -2.51. The number of nitrogens with one attached hydrogen (secondary N) is 2. The molecule has 0 saturated heterocycles. The van der Waals surface area contributed by atoms with E-state index in [1.807, 2.05) is 0 Å². The Morgan fingerprint density at radius 1 is 1.41 bits per heavy atom. The highest BCUT2D eigenvalue weighted by Crippen LogP contribution is 2.21. The quantitative estimate of drug-likeness (QED) is 0.665. The van der Waals surface area contributed by atoms with Crippen LogP contribution in [0.25, 0.3) is 0 Å². The van der Waals surface area contributed by atoms with Crippen LogP contribution in [0.5, 0.6) is 0 Å². The van der Waals surface area contributed by atoms with Crippen molar-refractivity contribution < 1.29 is 23.1 Å². The standard InChI is InChI=1S/C12H20N4O5S/c1-12(2,3)10(15-22(4,20)21)11(19)13-8-5-6-16(14-8)7-9(17)18/h5-6,10,15H,7H2,1-4H3,(H,17,18)(H,13,14,19). The van der Waals surface area contributed by atoms with E-state index in [0.717, 1.165) is 10.9 Å². The van der Waals surface area contributed by atoms with Crippen molar-refractivity contribution in [3.63, 3.8) is 0 Å². The van der Waals surface area contributed by atoms with Gasteiger partial charge in [-0.1, -0.05) is 20.8 Å². The number of rotatable bonds is 6. The predicted octanol–water partition coefficient (Wildman–Crippen LogP) is -0.130. The van der Waals surface area contributed by atoms with E-state index in [2.05, 4.69) is 15.1 Å². The minimum absolute atomic E-state index is 0.149. The summed E-state index contributed by atoms with van der Waals surface area (Å²) in [5, 5.41) is 15.0. The van der Waals surface area contributed by atoms with Crippen LogP contribution in [0.3, 0.4) is 0 Å². The van der Waals surface area contributed by atoms with Gasteiger partial charge in [0.15, 0.2) is 5.82 Å². The molecule has 0 fully saturated rings. The molecule has 9 nitrogen and oxygen atoms in total. The summed E-state index contributed by atoms with van der Waals surface area (Å²) >= 11 is 0. The van der Waals surface area contributed by atoms with Crippen molar-refractivity contribution in [2.24, 2.45) is 5.41 Å². The lowest BCUT2D eigenvalue weighted by atomic mass is 9.87. The minimum Gasteiger partial charge on any atom is -0.480 e. The predicted molar refractivity (Wildman–Crippen MR) is 79.7 cm³/mol. The molecule has 3 N–H and O–H groups in total. The molecule has 1 atom stereocenters. The number of aliphatic carboxylic acids is 1. The molecule has 0 saturated carbocycles. The molecule has 1 aromatic rings. The van der Waals surface area contributed by atoms with Gasteiger partial charge in [-0.3, -0.25) is 14.3 Å². The first-order chi connectivity index (χ1) is 9.88. The summed E-state index contributed by atoms with van der Waals surface area (Å²) in [7, 11) is -3.57. The maximum atomic E-state index is 12.3. The van der Waals surface area contributed by atoms with E-state index >= 15 is 0 Å². The summed E-state index contributed by atoms with van der Waals surface area (Å²) < 4.78 is 26.2. The van der Waals surface area contributed by atoms with Crippen LogP contribution in [0.2, 0.25) is 0 Å². The first-order valence-electron chi connectivity index (χ1n) is 6.42. The molecule has 0 aliphatic rings. The third-order valence-corrected chi connectivity index (χ3v) is 3.31. The highest BCUT2D eigenvalue weighted by Gasteiger charge is 2.34. The minimum atomic E-state index is -3.57. The Balaban J connectivity index is 2.87. The van der Waals surface area contributed by atoms with Gasteiger partial charge in [0, 0.05) is 12.3 Å². The van der Waals surface area contributed by atoms with Crippen molar-refractivity contribution in [1.82, 2.24) is 14.5 Å². The average Bonchev–Trinajstić information content (AvgIpc) is 2.69. The molecule has 22 heavy (non-hydrogen) atoms. The molecule has 10 heteroatoms. The smallest absolute Gasteiger partial charge is 0.325 e. The summed E-state index contributed by atoms with van der Waals surface area (Å²) in [6.45, 7) is 4.83. The molecule has 0 spiro atoms. The molecule has 1 heterocycles. The second-order valence-corrected chi connectivity index (χ2v) is 7.75. The zero-order valence-electron chi connectivity index (χ0n) is 12.8. The van der Waals surface area contributed by atoms with E-state index in [1.165, 1.54) is 12.3 Å². The Morgan fingerprint density at radius 3 is 2.45 bits per heavy atom. The molecule has 1 unspecified atom stereocenters. The van der Waals surface area contributed by atoms with Crippen LogP contribution in [0, 0.1) is 5.41 Å². The van der Waals surface area contributed by atoms with Crippen molar-refractivity contribution >= 4 is 27.7 Å². The number of nitrogens with zero attached hydrogens (tertiary/aromatic N) is 2. The summed E-state index contributed by atoms with van der Waals surface area (Å²) in [6, 6.07) is 0.438.